The van der Waals surface area contributed by atoms with Gasteiger partial charge in [-0.1, -0.05) is 0 Å². The van der Waals surface area contributed by atoms with Crippen molar-refractivity contribution in [2.75, 3.05) is 11.4 Å². The Labute approximate surface area is 112 Å². The number of nitro groups is 1. The molecule has 0 aromatic heterocycles. The van der Waals surface area contributed by atoms with Crippen molar-refractivity contribution in [3.8, 4) is 0 Å². The van der Waals surface area contributed by atoms with Crippen LogP contribution in [-0.2, 0) is 4.79 Å². The molecule has 6 nitrogen and oxygen atoms in total. The fraction of sp³-hybridized carbons (Fsp3) is 0.417. The minimum atomic E-state index is -1.31. The van der Waals surface area contributed by atoms with Gasteiger partial charge in [-0.2, -0.15) is 4.39 Å². The summed E-state index contributed by atoms with van der Waals surface area (Å²) >= 11 is 0. The van der Waals surface area contributed by atoms with Crippen LogP contribution in [0.5, 0.6) is 0 Å². The van der Waals surface area contributed by atoms with Gasteiger partial charge < -0.3 is 10.0 Å². The number of nitrogens with zero attached hydrogens (tertiary/aromatic N) is 2. The lowest BCUT2D eigenvalue weighted by atomic mass is 10.0. The average Bonchev–Trinajstić information content (AvgIpc) is 2.37. The smallest absolute Gasteiger partial charge is 0.328 e. The number of carbonyl (C=O) groups is 1. The predicted octanol–water partition coefficient (Wildman–Crippen LogP) is 2.32. The molecule has 20 heavy (non-hydrogen) atoms. The fourth-order valence-corrected chi connectivity index (χ4v) is 2.43. The zero-order valence-electron chi connectivity index (χ0n) is 10.4. The Bertz CT molecular complexity index is 565. The van der Waals surface area contributed by atoms with Crippen LogP contribution in [0.1, 0.15) is 19.3 Å². The van der Waals surface area contributed by atoms with Gasteiger partial charge in [-0.05, 0) is 19.3 Å². The van der Waals surface area contributed by atoms with Gasteiger partial charge >= 0.3 is 11.7 Å². The number of nitro benzene ring substituents is 1. The molecule has 2 rings (SSSR count). The maximum absolute atomic E-state index is 13.6. The lowest BCUT2D eigenvalue weighted by Crippen LogP contribution is -2.45. The molecule has 1 saturated heterocycles. The van der Waals surface area contributed by atoms with Gasteiger partial charge in [0.25, 0.3) is 0 Å². The molecular formula is C12H12F2N2O4. The monoisotopic (exact) mass is 286 g/mol. The van der Waals surface area contributed by atoms with E-state index < -0.39 is 34.3 Å². The first-order valence-corrected chi connectivity index (χ1v) is 6.04. The second kappa shape index (κ2) is 5.40. The largest absolute Gasteiger partial charge is 0.480 e. The van der Waals surface area contributed by atoms with Gasteiger partial charge in [-0.3, -0.25) is 10.1 Å². The van der Waals surface area contributed by atoms with Crippen LogP contribution in [0.2, 0.25) is 0 Å². The van der Waals surface area contributed by atoms with E-state index in [2.05, 4.69) is 0 Å². The highest BCUT2D eigenvalue weighted by molar-refractivity contribution is 5.80. The number of piperidine rings is 1. The van der Waals surface area contributed by atoms with Gasteiger partial charge in [0.05, 0.1) is 4.92 Å². The number of benzene rings is 1. The van der Waals surface area contributed by atoms with Crippen LogP contribution >= 0.6 is 0 Å². The van der Waals surface area contributed by atoms with E-state index in [1.165, 1.54) is 4.90 Å². The number of rotatable bonds is 3. The molecule has 1 N–H and O–H groups in total. The molecule has 1 fully saturated rings. The van der Waals surface area contributed by atoms with E-state index in [-0.39, 0.29) is 18.7 Å². The summed E-state index contributed by atoms with van der Waals surface area (Å²) < 4.78 is 26.9. The van der Waals surface area contributed by atoms with Crippen LogP contribution in [-0.4, -0.2) is 28.6 Å². The summed E-state index contributed by atoms with van der Waals surface area (Å²) in [5.74, 6) is -3.44. The van der Waals surface area contributed by atoms with Crippen molar-refractivity contribution in [2.24, 2.45) is 0 Å². The Hall–Kier alpha value is -2.25. The highest BCUT2D eigenvalue weighted by Crippen LogP contribution is 2.35. The number of carboxylic acid groups (broad SMARTS) is 1. The third-order valence-electron chi connectivity index (χ3n) is 3.29. The number of hydrogen-bond acceptors (Lipinski definition) is 4. The van der Waals surface area contributed by atoms with E-state index in [1.807, 2.05) is 0 Å². The summed E-state index contributed by atoms with van der Waals surface area (Å²) in [7, 11) is 0. The van der Waals surface area contributed by atoms with E-state index in [9.17, 15) is 23.7 Å². The average molecular weight is 286 g/mol. The predicted molar refractivity (Wildman–Crippen MR) is 65.6 cm³/mol. The van der Waals surface area contributed by atoms with E-state index in [0.717, 1.165) is 6.07 Å². The highest BCUT2D eigenvalue weighted by atomic mass is 19.1. The SMILES string of the molecule is O=C(O)C1CCCCN1c1cc(F)cc(F)c1[N+](=O)[O-]. The molecule has 0 spiro atoms. The van der Waals surface area contributed by atoms with Gasteiger partial charge in [0, 0.05) is 18.7 Å². The summed E-state index contributed by atoms with van der Waals surface area (Å²) in [5.41, 5.74) is -1.21. The van der Waals surface area contributed by atoms with Gasteiger partial charge in [-0.25, -0.2) is 9.18 Å². The summed E-state index contributed by atoms with van der Waals surface area (Å²) in [5, 5.41) is 20.1. The van der Waals surface area contributed by atoms with Crippen molar-refractivity contribution >= 4 is 17.3 Å². The highest BCUT2D eigenvalue weighted by Gasteiger charge is 2.34. The van der Waals surface area contributed by atoms with E-state index >= 15 is 0 Å². The summed E-state index contributed by atoms with van der Waals surface area (Å²) in [6, 6.07) is 0.216. The molecule has 1 aromatic rings. The first-order chi connectivity index (χ1) is 9.41. The third kappa shape index (κ3) is 2.54. The minimum absolute atomic E-state index is 0.209. The molecule has 1 unspecified atom stereocenters. The van der Waals surface area contributed by atoms with Crippen LogP contribution in [0.15, 0.2) is 12.1 Å². The Morgan fingerprint density at radius 1 is 1.40 bits per heavy atom. The van der Waals surface area contributed by atoms with Crippen LogP contribution in [0.4, 0.5) is 20.2 Å². The van der Waals surface area contributed by atoms with E-state index in [0.29, 0.717) is 18.9 Å². The zero-order chi connectivity index (χ0) is 14.9. The van der Waals surface area contributed by atoms with Crippen molar-refractivity contribution in [1.82, 2.24) is 0 Å². The number of aliphatic carboxylic acids is 1. The third-order valence-corrected chi connectivity index (χ3v) is 3.29. The van der Waals surface area contributed by atoms with Crippen molar-refractivity contribution in [3.05, 3.63) is 33.9 Å². The Balaban J connectivity index is 2.54. The van der Waals surface area contributed by atoms with Crippen molar-refractivity contribution < 1.29 is 23.6 Å². The van der Waals surface area contributed by atoms with E-state index in [1.54, 1.807) is 0 Å². The molecule has 0 bridgehead atoms. The second-order valence-electron chi connectivity index (χ2n) is 4.56. The topological polar surface area (TPSA) is 83.7 Å². The molecule has 108 valence electrons. The molecule has 8 heteroatoms. The molecule has 1 aliphatic heterocycles. The molecule has 1 aromatic carbocycles. The molecular weight excluding hydrogens is 274 g/mol. The first kappa shape index (κ1) is 14.2. The fourth-order valence-electron chi connectivity index (χ4n) is 2.43. The second-order valence-corrected chi connectivity index (χ2v) is 4.56. The standard InChI is InChI=1S/C12H12F2N2O4/c13-7-5-8(14)11(16(19)20)10(6-7)15-4-2-1-3-9(15)12(17)18/h5-6,9H,1-4H2,(H,17,18). The maximum atomic E-state index is 13.6. The summed E-state index contributed by atoms with van der Waals surface area (Å²) in [6.45, 7) is 0.209. The quantitative estimate of drug-likeness (QED) is 0.681. The number of carboxylic acids is 1. The Morgan fingerprint density at radius 3 is 2.70 bits per heavy atom. The molecule has 1 aliphatic rings. The number of anilines is 1. The van der Waals surface area contributed by atoms with Crippen molar-refractivity contribution in [3.63, 3.8) is 0 Å². The van der Waals surface area contributed by atoms with Crippen LogP contribution in [0.3, 0.4) is 0 Å². The molecule has 1 heterocycles. The van der Waals surface area contributed by atoms with Gasteiger partial charge in [0.1, 0.15) is 17.5 Å². The zero-order valence-corrected chi connectivity index (χ0v) is 10.4. The van der Waals surface area contributed by atoms with Gasteiger partial charge in [-0.15, -0.1) is 0 Å². The van der Waals surface area contributed by atoms with Gasteiger partial charge in [0.15, 0.2) is 0 Å². The molecule has 0 aliphatic carbocycles. The van der Waals surface area contributed by atoms with Crippen LogP contribution in [0.25, 0.3) is 0 Å². The molecule has 0 saturated carbocycles. The van der Waals surface area contributed by atoms with Crippen molar-refractivity contribution in [1.29, 1.82) is 0 Å². The Kier molecular flexibility index (Phi) is 3.82. The lowest BCUT2D eigenvalue weighted by molar-refractivity contribution is -0.386. The van der Waals surface area contributed by atoms with Crippen LogP contribution in [0, 0.1) is 21.7 Å². The molecule has 0 amide bonds. The Morgan fingerprint density at radius 2 is 2.10 bits per heavy atom. The maximum Gasteiger partial charge on any atom is 0.328 e. The first-order valence-electron chi connectivity index (χ1n) is 6.04. The summed E-state index contributed by atoms with van der Waals surface area (Å²) in [4.78, 5) is 22.4. The van der Waals surface area contributed by atoms with Crippen molar-refractivity contribution in [2.45, 2.75) is 25.3 Å². The van der Waals surface area contributed by atoms with Gasteiger partial charge in [0.2, 0.25) is 5.82 Å². The van der Waals surface area contributed by atoms with E-state index in [4.69, 9.17) is 5.11 Å². The molecule has 0 radical (unpaired) electrons. The van der Waals surface area contributed by atoms with Crippen LogP contribution < -0.4 is 4.90 Å². The number of halogens is 2. The number of hydrogen-bond donors (Lipinski definition) is 1. The minimum Gasteiger partial charge on any atom is -0.480 e. The molecule has 1 atom stereocenters. The lowest BCUT2D eigenvalue weighted by Gasteiger charge is -2.34. The summed E-state index contributed by atoms with van der Waals surface area (Å²) in [6.07, 6.45) is 1.54. The normalized spacial score (nSPS) is 18.9.